The van der Waals surface area contributed by atoms with Gasteiger partial charge in [0.2, 0.25) is 16.7 Å². The molecular weight excluding hydrogens is 568 g/mol. The van der Waals surface area contributed by atoms with Crippen molar-refractivity contribution in [3.63, 3.8) is 0 Å². The van der Waals surface area contributed by atoms with Gasteiger partial charge in [0.1, 0.15) is 23.0 Å². The smallest absolute Gasteiger partial charge is 0.215 e. The van der Waals surface area contributed by atoms with Crippen LogP contribution in [0.4, 0.5) is 17.1 Å². The number of fused-ring (bicyclic) bond motifs is 3. The first-order chi connectivity index (χ1) is 22.4. The van der Waals surface area contributed by atoms with Crippen LogP contribution in [0.15, 0.2) is 119 Å². The molecule has 0 saturated carbocycles. The number of aryl methyl sites for hydroxylation is 1. The maximum atomic E-state index is 6.84. The third-order valence-electron chi connectivity index (χ3n) is 9.49. The Morgan fingerprint density at radius 1 is 0.804 bits per heavy atom. The third kappa shape index (κ3) is 5.20. The van der Waals surface area contributed by atoms with Gasteiger partial charge in [-0.05, 0) is 91.4 Å². The van der Waals surface area contributed by atoms with E-state index in [1.165, 1.54) is 28.1 Å². The van der Waals surface area contributed by atoms with Crippen LogP contribution in [0.2, 0.25) is 0 Å². The van der Waals surface area contributed by atoms with Gasteiger partial charge in [0.05, 0.1) is 20.3 Å². The van der Waals surface area contributed by atoms with Crippen LogP contribution in [0.1, 0.15) is 50.5 Å². The zero-order valence-electron chi connectivity index (χ0n) is 27.3. The van der Waals surface area contributed by atoms with E-state index in [0.29, 0.717) is 0 Å². The standard InChI is InChI=1S/C41H41N2O3/c1-6-42-37-13-8-7-12-36(37)41(2,3)39(42)25-15-28-10-9-11-30-26-29-14-16-33(27-38(29)46-40(28)30)43(31-17-21-34(44-4)22-18-31)32-19-23-35(45-5)24-20-32/h7-8,12-27H,6,9-11H2,1-5H3/q+1. The SMILES string of the molecule is CCN1C(=CC=C2CCCc3cc4ccc(=[N+](c5ccc(OC)cc5)c5ccc(OC)cc5)cc-4oc32)C(C)(C)c2ccccc21. The second-order valence-corrected chi connectivity index (χ2v) is 12.5. The average molecular weight is 610 g/mol. The first-order valence-electron chi connectivity index (χ1n) is 16.2. The van der Waals surface area contributed by atoms with E-state index in [0.717, 1.165) is 71.1 Å². The van der Waals surface area contributed by atoms with Crippen molar-refractivity contribution in [1.29, 1.82) is 0 Å². The molecule has 0 saturated heterocycles. The number of benzene rings is 4. The third-order valence-corrected chi connectivity index (χ3v) is 9.49. The molecule has 0 atom stereocenters. The second-order valence-electron chi connectivity index (χ2n) is 12.5. The van der Waals surface area contributed by atoms with Crippen molar-refractivity contribution in [2.75, 3.05) is 25.7 Å². The molecule has 0 spiro atoms. The number of nitrogens with zero attached hydrogens (tertiary/aromatic N) is 2. The summed E-state index contributed by atoms with van der Waals surface area (Å²) in [7, 11) is 3.38. The molecule has 232 valence electrons. The maximum Gasteiger partial charge on any atom is 0.215 e. The van der Waals surface area contributed by atoms with E-state index >= 15 is 0 Å². The van der Waals surface area contributed by atoms with Gasteiger partial charge in [0, 0.05) is 59.2 Å². The first kappa shape index (κ1) is 29.7. The number of anilines is 1. The van der Waals surface area contributed by atoms with Crippen molar-refractivity contribution < 1.29 is 13.9 Å². The van der Waals surface area contributed by atoms with Gasteiger partial charge in [0.25, 0.3) is 0 Å². The van der Waals surface area contributed by atoms with Gasteiger partial charge in [0.15, 0.2) is 0 Å². The normalized spacial score (nSPS) is 16.8. The van der Waals surface area contributed by atoms with E-state index in [1.54, 1.807) is 14.2 Å². The summed E-state index contributed by atoms with van der Waals surface area (Å²) in [6.45, 7) is 7.83. The molecule has 0 aromatic heterocycles. The lowest BCUT2D eigenvalue weighted by Gasteiger charge is -2.26. The Morgan fingerprint density at radius 3 is 2.13 bits per heavy atom. The van der Waals surface area contributed by atoms with Gasteiger partial charge in [-0.3, -0.25) is 0 Å². The molecule has 5 heteroatoms. The lowest BCUT2D eigenvalue weighted by Crippen LogP contribution is -2.25. The minimum Gasteiger partial charge on any atom is -0.497 e. The van der Waals surface area contributed by atoms with Crippen molar-refractivity contribution in [2.45, 2.75) is 45.4 Å². The van der Waals surface area contributed by atoms with E-state index in [1.807, 2.05) is 24.3 Å². The number of rotatable bonds is 6. The number of para-hydroxylation sites is 1. The molecule has 0 unspecified atom stereocenters. The second kappa shape index (κ2) is 12.1. The van der Waals surface area contributed by atoms with Crippen molar-refractivity contribution in [3.05, 3.63) is 137 Å². The van der Waals surface area contributed by atoms with E-state index in [-0.39, 0.29) is 5.41 Å². The van der Waals surface area contributed by atoms with Gasteiger partial charge in [-0.15, -0.1) is 0 Å². The predicted octanol–water partition coefficient (Wildman–Crippen LogP) is 9.26. The van der Waals surface area contributed by atoms with Crippen molar-refractivity contribution in [3.8, 4) is 22.8 Å². The number of hydrogen-bond acceptors (Lipinski definition) is 4. The van der Waals surface area contributed by atoms with Gasteiger partial charge < -0.3 is 18.8 Å². The Labute approximate surface area is 271 Å². The van der Waals surface area contributed by atoms with Crippen molar-refractivity contribution >= 4 is 22.6 Å². The highest BCUT2D eigenvalue weighted by molar-refractivity contribution is 5.74. The molecule has 3 aromatic rings. The van der Waals surface area contributed by atoms with Gasteiger partial charge >= 0.3 is 0 Å². The van der Waals surface area contributed by atoms with E-state index in [9.17, 15) is 0 Å². The van der Waals surface area contributed by atoms with Crippen LogP contribution in [0.3, 0.4) is 0 Å². The number of ether oxygens (including phenoxy) is 2. The average Bonchev–Trinajstić information content (AvgIpc) is 3.32. The summed E-state index contributed by atoms with van der Waals surface area (Å²) in [6.07, 6.45) is 7.77. The van der Waals surface area contributed by atoms with Gasteiger partial charge in [-0.25, -0.2) is 0 Å². The molecule has 2 aliphatic carbocycles. The summed E-state index contributed by atoms with van der Waals surface area (Å²) < 4.78 is 19.9. The Kier molecular flexibility index (Phi) is 7.77. The molecule has 2 aliphatic heterocycles. The summed E-state index contributed by atoms with van der Waals surface area (Å²) in [5.41, 5.74) is 9.64. The molecule has 4 aliphatic rings. The van der Waals surface area contributed by atoms with Crippen LogP contribution < -0.4 is 24.3 Å². The molecule has 0 bridgehead atoms. The van der Waals surface area contributed by atoms with Crippen LogP contribution in [0.25, 0.3) is 16.9 Å². The molecule has 0 fully saturated rings. The molecular formula is C41H41N2O3+. The molecule has 0 amide bonds. The summed E-state index contributed by atoms with van der Waals surface area (Å²) in [4.78, 5) is 2.45. The number of allylic oxidation sites excluding steroid dienone is 4. The topological polar surface area (TPSA) is 37.9 Å². The fourth-order valence-corrected chi connectivity index (χ4v) is 7.07. The molecule has 5 nitrogen and oxygen atoms in total. The zero-order chi connectivity index (χ0) is 31.8. The highest BCUT2D eigenvalue weighted by Gasteiger charge is 2.38. The van der Waals surface area contributed by atoms with Crippen molar-refractivity contribution in [2.24, 2.45) is 0 Å². The lowest BCUT2D eigenvalue weighted by molar-refractivity contribution is 0.414. The molecule has 7 rings (SSSR count). The van der Waals surface area contributed by atoms with E-state index in [2.05, 4.69) is 115 Å². The van der Waals surface area contributed by atoms with Crippen LogP contribution in [0, 0.1) is 0 Å². The molecule has 46 heavy (non-hydrogen) atoms. The molecule has 0 N–H and O–H groups in total. The Morgan fingerprint density at radius 2 is 1.48 bits per heavy atom. The Bertz CT molecular complexity index is 1950. The van der Waals surface area contributed by atoms with Crippen LogP contribution in [-0.2, 0) is 11.8 Å². The fourth-order valence-electron chi connectivity index (χ4n) is 7.07. The first-order valence-corrected chi connectivity index (χ1v) is 16.2. The Hall–Kier alpha value is -5.03. The molecule has 2 heterocycles. The lowest BCUT2D eigenvalue weighted by atomic mass is 9.83. The number of methoxy groups -OCH3 is 2. The minimum absolute atomic E-state index is 0.0665. The van der Waals surface area contributed by atoms with Crippen LogP contribution in [-0.4, -0.2) is 20.8 Å². The summed E-state index contributed by atoms with van der Waals surface area (Å²) in [5.74, 6) is 3.51. The highest BCUT2D eigenvalue weighted by Crippen LogP contribution is 2.47. The Balaban J connectivity index is 1.36. The summed E-state index contributed by atoms with van der Waals surface area (Å²) in [5, 5.41) is 1.01. The van der Waals surface area contributed by atoms with Crippen LogP contribution in [0.5, 0.6) is 11.5 Å². The van der Waals surface area contributed by atoms with E-state index in [4.69, 9.17) is 13.9 Å². The predicted molar refractivity (Wildman–Crippen MR) is 187 cm³/mol. The highest BCUT2D eigenvalue weighted by atomic mass is 16.5. The monoisotopic (exact) mass is 609 g/mol. The number of likely N-dealkylation sites (N-methyl/N-ethyl adjacent to an activating group) is 1. The van der Waals surface area contributed by atoms with Gasteiger partial charge in [-0.2, -0.15) is 4.58 Å². The largest absolute Gasteiger partial charge is 0.497 e. The van der Waals surface area contributed by atoms with Gasteiger partial charge in [-0.1, -0.05) is 38.1 Å². The maximum absolute atomic E-state index is 6.84. The summed E-state index contributed by atoms with van der Waals surface area (Å²) >= 11 is 0. The van der Waals surface area contributed by atoms with E-state index < -0.39 is 0 Å². The molecule has 0 radical (unpaired) electrons. The zero-order valence-corrected chi connectivity index (χ0v) is 27.3. The van der Waals surface area contributed by atoms with Crippen LogP contribution >= 0.6 is 0 Å². The molecule has 3 aromatic carbocycles. The quantitative estimate of drug-likeness (QED) is 0.180. The van der Waals surface area contributed by atoms with Crippen molar-refractivity contribution in [1.82, 2.24) is 4.58 Å². The fraction of sp³-hybridized carbons (Fsp3) is 0.244. The summed E-state index contributed by atoms with van der Waals surface area (Å²) in [6, 6.07) is 33.9. The minimum atomic E-state index is -0.0665. The number of hydrogen-bond donors (Lipinski definition) is 0.